The molecule has 4 rings (SSSR count). The molecule has 0 N–H and O–H groups in total. The molecule has 37 heavy (non-hydrogen) atoms. The maximum absolute atomic E-state index is 13.8. The molecule has 8 nitrogen and oxygen atoms in total. The third kappa shape index (κ3) is 5.51. The number of carbonyl (C=O) groups is 1. The van der Waals surface area contributed by atoms with E-state index in [2.05, 4.69) is 30.9 Å². The zero-order valence-electron chi connectivity index (χ0n) is 21.7. The molecule has 0 bridgehead atoms. The molecule has 3 aromatic rings. The van der Waals surface area contributed by atoms with Crippen molar-refractivity contribution in [1.29, 1.82) is 0 Å². The van der Waals surface area contributed by atoms with E-state index in [0.29, 0.717) is 43.4 Å². The summed E-state index contributed by atoms with van der Waals surface area (Å²) in [6.07, 6.45) is 0. The summed E-state index contributed by atoms with van der Waals surface area (Å²) in [5, 5.41) is 0. The number of aryl methyl sites for hydroxylation is 1. The average Bonchev–Trinajstić information content (AvgIpc) is 2.93. The fourth-order valence-electron chi connectivity index (χ4n) is 4.51. The highest BCUT2D eigenvalue weighted by Crippen LogP contribution is 2.32. The highest BCUT2D eigenvalue weighted by molar-refractivity contribution is 7.92. The van der Waals surface area contributed by atoms with Gasteiger partial charge in [-0.2, -0.15) is 0 Å². The van der Waals surface area contributed by atoms with Crippen molar-refractivity contribution in [2.75, 3.05) is 56.1 Å². The highest BCUT2D eigenvalue weighted by Gasteiger charge is 2.31. The minimum Gasteiger partial charge on any atom is -0.493 e. The Kier molecular flexibility index (Phi) is 7.92. The summed E-state index contributed by atoms with van der Waals surface area (Å²) in [7, 11) is -1.13. The third-order valence-electron chi connectivity index (χ3n) is 6.82. The van der Waals surface area contributed by atoms with Gasteiger partial charge in [-0.3, -0.25) is 9.10 Å². The molecule has 0 saturated carbocycles. The Hall–Kier alpha value is -3.72. The Labute approximate surface area is 219 Å². The number of methoxy groups -OCH3 is 2. The van der Waals surface area contributed by atoms with Crippen molar-refractivity contribution in [3.63, 3.8) is 0 Å². The van der Waals surface area contributed by atoms with E-state index in [-0.39, 0.29) is 17.3 Å². The van der Waals surface area contributed by atoms with Crippen LogP contribution in [0.4, 0.5) is 11.4 Å². The van der Waals surface area contributed by atoms with Crippen molar-refractivity contribution in [2.45, 2.75) is 18.7 Å². The zero-order chi connectivity index (χ0) is 26.6. The number of rotatable bonds is 8. The van der Waals surface area contributed by atoms with Crippen LogP contribution in [0.15, 0.2) is 71.6 Å². The Bertz CT molecular complexity index is 1350. The first kappa shape index (κ1) is 26.3. The van der Waals surface area contributed by atoms with E-state index in [1.165, 1.54) is 43.2 Å². The number of sulfonamides is 1. The lowest BCUT2D eigenvalue weighted by atomic mass is 10.1. The van der Waals surface area contributed by atoms with Crippen LogP contribution < -0.4 is 18.7 Å². The van der Waals surface area contributed by atoms with Crippen LogP contribution in [0.25, 0.3) is 0 Å². The van der Waals surface area contributed by atoms with E-state index in [1.54, 1.807) is 41.3 Å². The van der Waals surface area contributed by atoms with Crippen LogP contribution in [0.5, 0.6) is 11.5 Å². The Morgan fingerprint density at radius 1 is 0.865 bits per heavy atom. The minimum absolute atomic E-state index is 0.0153. The van der Waals surface area contributed by atoms with E-state index in [1.807, 2.05) is 6.07 Å². The molecule has 0 atom stereocenters. The van der Waals surface area contributed by atoms with Crippen LogP contribution in [0, 0.1) is 13.8 Å². The Balaban J connectivity index is 1.55. The lowest BCUT2D eigenvalue weighted by Crippen LogP contribution is -2.52. The van der Waals surface area contributed by atoms with Crippen LogP contribution in [0.1, 0.15) is 11.1 Å². The number of hydrogen-bond donors (Lipinski definition) is 0. The van der Waals surface area contributed by atoms with Gasteiger partial charge in [-0.15, -0.1) is 0 Å². The summed E-state index contributed by atoms with van der Waals surface area (Å²) in [6, 6.07) is 19.3. The van der Waals surface area contributed by atoms with Gasteiger partial charge in [0.1, 0.15) is 6.54 Å². The van der Waals surface area contributed by atoms with Gasteiger partial charge in [-0.05, 0) is 55.3 Å². The molecule has 0 radical (unpaired) electrons. The van der Waals surface area contributed by atoms with Crippen LogP contribution >= 0.6 is 0 Å². The van der Waals surface area contributed by atoms with Crippen molar-refractivity contribution < 1.29 is 22.7 Å². The summed E-state index contributed by atoms with van der Waals surface area (Å²) >= 11 is 0. The summed E-state index contributed by atoms with van der Waals surface area (Å²) in [4.78, 5) is 17.4. The number of anilines is 2. The van der Waals surface area contributed by atoms with Gasteiger partial charge in [0, 0.05) is 37.9 Å². The van der Waals surface area contributed by atoms with Crippen LogP contribution in [-0.4, -0.2) is 66.2 Å². The Morgan fingerprint density at radius 3 is 2.19 bits per heavy atom. The number of piperazine rings is 1. The minimum atomic E-state index is -4.07. The van der Waals surface area contributed by atoms with Crippen LogP contribution in [0.3, 0.4) is 0 Å². The van der Waals surface area contributed by atoms with Gasteiger partial charge in [0.15, 0.2) is 11.5 Å². The number of nitrogens with zero attached hydrogens (tertiary/aromatic N) is 3. The molecular weight excluding hydrogens is 490 g/mol. The van der Waals surface area contributed by atoms with E-state index >= 15 is 0 Å². The van der Waals surface area contributed by atoms with Gasteiger partial charge >= 0.3 is 0 Å². The number of carbonyl (C=O) groups excluding carboxylic acids is 1. The molecule has 0 aromatic heterocycles. The van der Waals surface area contributed by atoms with E-state index in [4.69, 9.17) is 9.47 Å². The second kappa shape index (κ2) is 11.1. The number of amides is 1. The van der Waals surface area contributed by atoms with Gasteiger partial charge in [-0.1, -0.05) is 30.3 Å². The second-order valence-corrected chi connectivity index (χ2v) is 10.8. The van der Waals surface area contributed by atoms with Crippen molar-refractivity contribution in [2.24, 2.45) is 0 Å². The fourth-order valence-corrected chi connectivity index (χ4v) is 5.94. The van der Waals surface area contributed by atoms with Crippen LogP contribution in [-0.2, 0) is 14.8 Å². The first-order chi connectivity index (χ1) is 17.8. The molecule has 0 spiro atoms. The fraction of sp³-hybridized carbons (Fsp3) is 0.321. The molecule has 1 aliphatic rings. The molecule has 0 aliphatic carbocycles. The van der Waals surface area contributed by atoms with Crippen molar-refractivity contribution in [3.8, 4) is 11.5 Å². The van der Waals surface area contributed by atoms with Crippen LogP contribution in [0.2, 0.25) is 0 Å². The molecule has 0 unspecified atom stereocenters. The lowest BCUT2D eigenvalue weighted by molar-refractivity contribution is -0.129. The quantitative estimate of drug-likeness (QED) is 0.446. The van der Waals surface area contributed by atoms with Gasteiger partial charge in [-0.25, -0.2) is 8.42 Å². The second-order valence-electron chi connectivity index (χ2n) is 8.95. The van der Waals surface area contributed by atoms with Gasteiger partial charge in [0.25, 0.3) is 10.0 Å². The SMILES string of the molecule is COc1ccc(S(=O)(=O)N(CC(=O)N2CCN(c3cccc(C)c3C)CC2)c2ccccc2)cc1OC. The molecular formula is C28H33N3O5S. The summed E-state index contributed by atoms with van der Waals surface area (Å²) in [6.45, 7) is 6.31. The maximum Gasteiger partial charge on any atom is 0.264 e. The van der Waals surface area contributed by atoms with E-state index < -0.39 is 10.0 Å². The molecule has 1 aliphatic heterocycles. The summed E-state index contributed by atoms with van der Waals surface area (Å²) in [5.74, 6) is 0.476. The first-order valence-electron chi connectivity index (χ1n) is 12.1. The molecule has 196 valence electrons. The summed E-state index contributed by atoms with van der Waals surface area (Å²) < 4.78 is 39.3. The largest absolute Gasteiger partial charge is 0.493 e. The third-order valence-corrected chi connectivity index (χ3v) is 8.58. The normalized spacial score (nSPS) is 13.8. The molecule has 1 amide bonds. The molecule has 1 saturated heterocycles. The standard InChI is InChI=1S/C28H33N3O5S/c1-21-9-8-12-25(22(21)2)29-15-17-30(18-16-29)28(32)20-31(23-10-6-5-7-11-23)37(33,34)24-13-14-26(35-3)27(19-24)36-4/h5-14,19H,15-18,20H2,1-4H3. The predicted molar refractivity (Wildman–Crippen MR) is 145 cm³/mol. The van der Waals surface area contributed by atoms with Gasteiger partial charge < -0.3 is 19.3 Å². The van der Waals surface area contributed by atoms with Crippen molar-refractivity contribution >= 4 is 27.3 Å². The van der Waals surface area contributed by atoms with Gasteiger partial charge in [0.05, 0.1) is 24.8 Å². The van der Waals surface area contributed by atoms with E-state index in [0.717, 1.165) is 4.31 Å². The molecule has 1 fully saturated rings. The number of benzene rings is 3. The van der Waals surface area contributed by atoms with Crippen molar-refractivity contribution in [1.82, 2.24) is 4.90 Å². The number of para-hydroxylation sites is 1. The topological polar surface area (TPSA) is 79.4 Å². The first-order valence-corrected chi connectivity index (χ1v) is 13.6. The average molecular weight is 524 g/mol. The van der Waals surface area contributed by atoms with Gasteiger partial charge in [0.2, 0.25) is 5.91 Å². The molecule has 3 aromatic carbocycles. The van der Waals surface area contributed by atoms with E-state index in [9.17, 15) is 13.2 Å². The predicted octanol–water partition coefficient (Wildman–Crippen LogP) is 3.86. The maximum atomic E-state index is 13.8. The zero-order valence-corrected chi connectivity index (χ0v) is 22.5. The molecule has 9 heteroatoms. The van der Waals surface area contributed by atoms with Crippen molar-refractivity contribution in [3.05, 3.63) is 77.9 Å². The number of ether oxygens (including phenoxy) is 2. The lowest BCUT2D eigenvalue weighted by Gasteiger charge is -2.38. The highest BCUT2D eigenvalue weighted by atomic mass is 32.2. The summed E-state index contributed by atoms with van der Waals surface area (Å²) in [5.41, 5.74) is 4.06. The monoisotopic (exact) mass is 523 g/mol. The molecule has 1 heterocycles. The number of hydrogen-bond acceptors (Lipinski definition) is 6. The smallest absolute Gasteiger partial charge is 0.264 e. The Morgan fingerprint density at radius 2 is 1.54 bits per heavy atom.